The van der Waals surface area contributed by atoms with Crippen molar-refractivity contribution in [1.29, 1.82) is 0 Å². The Morgan fingerprint density at radius 3 is 2.24 bits per heavy atom. The van der Waals surface area contributed by atoms with Crippen molar-refractivity contribution in [3.05, 3.63) is 59.2 Å². The standard InChI is InChI=1S/C19H22O5S/c1-22-18-10-14-9-15(24-25(3,20)21)11-16(13-7-5-4-6-8-13)17(14)12-19(18)23-2/h4-8,10,12,15-16H,9,11H2,1-3H3/t15-,16+/m1/s1. The molecule has 2 atom stereocenters. The van der Waals surface area contributed by atoms with Gasteiger partial charge in [0.15, 0.2) is 11.5 Å². The smallest absolute Gasteiger partial charge is 0.264 e. The van der Waals surface area contributed by atoms with Crippen LogP contribution in [-0.2, 0) is 20.7 Å². The van der Waals surface area contributed by atoms with Crippen LogP contribution < -0.4 is 9.47 Å². The Balaban J connectivity index is 2.08. The van der Waals surface area contributed by atoms with E-state index in [0.717, 1.165) is 22.9 Å². The van der Waals surface area contributed by atoms with Gasteiger partial charge in [-0.25, -0.2) is 0 Å². The molecule has 0 amide bonds. The molecule has 0 aliphatic heterocycles. The summed E-state index contributed by atoms with van der Waals surface area (Å²) in [6.45, 7) is 0. The number of hydrogen-bond donors (Lipinski definition) is 0. The van der Waals surface area contributed by atoms with Gasteiger partial charge in [-0.3, -0.25) is 4.18 Å². The van der Waals surface area contributed by atoms with E-state index < -0.39 is 16.2 Å². The molecule has 6 heteroatoms. The first-order valence-corrected chi connectivity index (χ1v) is 9.91. The van der Waals surface area contributed by atoms with Crippen molar-refractivity contribution < 1.29 is 22.1 Å². The summed E-state index contributed by atoms with van der Waals surface area (Å²) in [7, 11) is -0.316. The van der Waals surface area contributed by atoms with Gasteiger partial charge in [-0.05, 0) is 35.2 Å². The number of benzene rings is 2. The van der Waals surface area contributed by atoms with Crippen LogP contribution in [0.1, 0.15) is 29.0 Å². The van der Waals surface area contributed by atoms with Gasteiger partial charge < -0.3 is 9.47 Å². The fraction of sp³-hybridized carbons (Fsp3) is 0.368. The molecule has 0 spiro atoms. The highest BCUT2D eigenvalue weighted by atomic mass is 32.2. The van der Waals surface area contributed by atoms with E-state index >= 15 is 0 Å². The third-order valence-electron chi connectivity index (χ3n) is 4.48. The molecule has 0 saturated carbocycles. The number of methoxy groups -OCH3 is 2. The Morgan fingerprint density at radius 1 is 1.00 bits per heavy atom. The van der Waals surface area contributed by atoms with Crippen LogP contribution in [0, 0.1) is 0 Å². The summed E-state index contributed by atoms with van der Waals surface area (Å²) in [5.41, 5.74) is 3.27. The first kappa shape index (κ1) is 17.8. The highest BCUT2D eigenvalue weighted by molar-refractivity contribution is 7.86. The van der Waals surface area contributed by atoms with Crippen molar-refractivity contribution >= 4 is 10.1 Å². The first-order valence-electron chi connectivity index (χ1n) is 8.09. The lowest BCUT2D eigenvalue weighted by molar-refractivity contribution is 0.186. The first-order chi connectivity index (χ1) is 11.9. The molecule has 1 aliphatic rings. The predicted molar refractivity (Wildman–Crippen MR) is 95.9 cm³/mol. The van der Waals surface area contributed by atoms with Gasteiger partial charge in [-0.15, -0.1) is 0 Å². The Hall–Kier alpha value is -2.05. The third-order valence-corrected chi connectivity index (χ3v) is 5.10. The molecular weight excluding hydrogens is 340 g/mol. The summed E-state index contributed by atoms with van der Waals surface area (Å²) in [5.74, 6) is 1.34. The maximum atomic E-state index is 11.6. The van der Waals surface area contributed by atoms with Crippen molar-refractivity contribution in [3.63, 3.8) is 0 Å². The average Bonchev–Trinajstić information content (AvgIpc) is 2.59. The Bertz CT molecular complexity index is 846. The van der Waals surface area contributed by atoms with Crippen molar-refractivity contribution in [3.8, 4) is 11.5 Å². The molecule has 0 aromatic heterocycles. The quantitative estimate of drug-likeness (QED) is 0.765. The zero-order valence-electron chi connectivity index (χ0n) is 14.6. The normalized spacial score (nSPS) is 20.0. The Kier molecular flexibility index (Phi) is 5.01. The van der Waals surface area contributed by atoms with Crippen molar-refractivity contribution in [1.82, 2.24) is 0 Å². The number of hydrogen-bond acceptors (Lipinski definition) is 5. The summed E-state index contributed by atoms with van der Waals surface area (Å²) in [6.07, 6.45) is 1.81. The molecule has 0 radical (unpaired) electrons. The molecular formula is C19H22O5S. The second-order valence-electron chi connectivity index (χ2n) is 6.23. The molecule has 0 fully saturated rings. The molecule has 3 rings (SSSR count). The molecule has 0 N–H and O–H groups in total. The number of fused-ring (bicyclic) bond motifs is 1. The topological polar surface area (TPSA) is 61.8 Å². The maximum absolute atomic E-state index is 11.6. The van der Waals surface area contributed by atoms with Gasteiger partial charge in [0.25, 0.3) is 10.1 Å². The van der Waals surface area contributed by atoms with Gasteiger partial charge >= 0.3 is 0 Å². The lowest BCUT2D eigenvalue weighted by Gasteiger charge is -2.32. The number of rotatable bonds is 5. The molecule has 2 aromatic carbocycles. The zero-order chi connectivity index (χ0) is 18.0. The minimum atomic E-state index is -3.52. The molecule has 0 unspecified atom stereocenters. The summed E-state index contributed by atoms with van der Waals surface area (Å²) in [4.78, 5) is 0. The summed E-state index contributed by atoms with van der Waals surface area (Å²) in [6, 6.07) is 13.9. The van der Waals surface area contributed by atoms with Crippen LogP contribution >= 0.6 is 0 Å². The van der Waals surface area contributed by atoms with E-state index in [2.05, 4.69) is 0 Å². The van der Waals surface area contributed by atoms with E-state index in [1.165, 1.54) is 0 Å². The molecule has 0 saturated heterocycles. The van der Waals surface area contributed by atoms with Crippen LogP contribution in [0.3, 0.4) is 0 Å². The van der Waals surface area contributed by atoms with Crippen molar-refractivity contribution in [2.75, 3.05) is 20.5 Å². The molecule has 0 bridgehead atoms. The second kappa shape index (κ2) is 7.06. The number of ether oxygens (including phenoxy) is 2. The van der Waals surface area contributed by atoms with Gasteiger partial charge in [0.1, 0.15) is 0 Å². The van der Waals surface area contributed by atoms with Crippen LogP contribution in [0.25, 0.3) is 0 Å². The van der Waals surface area contributed by atoms with Gasteiger partial charge in [-0.2, -0.15) is 8.42 Å². The van der Waals surface area contributed by atoms with Crippen molar-refractivity contribution in [2.24, 2.45) is 0 Å². The Labute approximate surface area is 148 Å². The third kappa shape index (κ3) is 3.96. The molecule has 1 aliphatic carbocycles. The largest absolute Gasteiger partial charge is 0.493 e. The van der Waals surface area contributed by atoms with Gasteiger partial charge in [-0.1, -0.05) is 30.3 Å². The summed E-state index contributed by atoms with van der Waals surface area (Å²) >= 11 is 0. The van der Waals surface area contributed by atoms with Gasteiger partial charge in [0.05, 0.1) is 26.6 Å². The summed E-state index contributed by atoms with van der Waals surface area (Å²) in [5, 5.41) is 0. The summed E-state index contributed by atoms with van der Waals surface area (Å²) < 4.78 is 39.4. The maximum Gasteiger partial charge on any atom is 0.264 e. The Morgan fingerprint density at radius 2 is 1.64 bits per heavy atom. The molecule has 0 heterocycles. The van der Waals surface area contributed by atoms with Gasteiger partial charge in [0, 0.05) is 12.3 Å². The van der Waals surface area contributed by atoms with Crippen LogP contribution in [0.2, 0.25) is 0 Å². The predicted octanol–water partition coefficient (Wildman–Crippen LogP) is 3.13. The molecule has 134 valence electrons. The lowest BCUT2D eigenvalue weighted by atomic mass is 9.77. The SMILES string of the molecule is COc1cc2c(cc1OC)[C@H](c1ccccc1)C[C@H](OS(C)(=O)=O)C2. The van der Waals surface area contributed by atoms with E-state index in [1.807, 2.05) is 42.5 Å². The van der Waals surface area contributed by atoms with Gasteiger partial charge in [0.2, 0.25) is 0 Å². The average molecular weight is 362 g/mol. The van der Waals surface area contributed by atoms with Crippen molar-refractivity contribution in [2.45, 2.75) is 24.9 Å². The minimum Gasteiger partial charge on any atom is -0.493 e. The zero-order valence-corrected chi connectivity index (χ0v) is 15.4. The highest BCUT2D eigenvalue weighted by Crippen LogP contribution is 2.42. The van der Waals surface area contributed by atoms with Crippen LogP contribution in [0.5, 0.6) is 11.5 Å². The molecule has 5 nitrogen and oxygen atoms in total. The fourth-order valence-corrected chi connectivity index (χ4v) is 4.12. The van der Waals surface area contributed by atoms with Crippen LogP contribution in [-0.4, -0.2) is 35.0 Å². The van der Waals surface area contributed by atoms with Crippen LogP contribution in [0.4, 0.5) is 0 Å². The monoisotopic (exact) mass is 362 g/mol. The van der Waals surface area contributed by atoms with E-state index in [9.17, 15) is 8.42 Å². The highest BCUT2D eigenvalue weighted by Gasteiger charge is 2.32. The van der Waals surface area contributed by atoms with E-state index in [0.29, 0.717) is 24.3 Å². The van der Waals surface area contributed by atoms with E-state index in [4.69, 9.17) is 13.7 Å². The van der Waals surface area contributed by atoms with E-state index in [1.54, 1.807) is 14.2 Å². The molecule has 25 heavy (non-hydrogen) atoms. The fourth-order valence-electron chi connectivity index (χ4n) is 3.48. The molecule has 2 aromatic rings. The lowest BCUT2D eigenvalue weighted by Crippen LogP contribution is -2.28. The van der Waals surface area contributed by atoms with Crippen LogP contribution in [0.15, 0.2) is 42.5 Å². The van der Waals surface area contributed by atoms with E-state index in [-0.39, 0.29) is 5.92 Å². The second-order valence-corrected chi connectivity index (χ2v) is 7.83. The minimum absolute atomic E-state index is 0.0384.